The van der Waals surface area contributed by atoms with Crippen molar-refractivity contribution >= 4 is 17.3 Å². The van der Waals surface area contributed by atoms with Crippen molar-refractivity contribution in [1.82, 2.24) is 5.32 Å². The quantitative estimate of drug-likeness (QED) is 0.853. The number of halogens is 2. The molecule has 1 saturated carbocycles. The van der Waals surface area contributed by atoms with Crippen LogP contribution in [0.3, 0.4) is 0 Å². The van der Waals surface area contributed by atoms with E-state index in [9.17, 15) is 4.39 Å². The molecular formula is C15H21ClFN2. The molecular weight excluding hydrogens is 263 g/mol. The summed E-state index contributed by atoms with van der Waals surface area (Å²) < 4.78 is 13.2. The van der Waals surface area contributed by atoms with E-state index in [2.05, 4.69) is 24.0 Å². The highest BCUT2D eigenvalue weighted by Gasteiger charge is 2.31. The van der Waals surface area contributed by atoms with E-state index >= 15 is 0 Å². The summed E-state index contributed by atoms with van der Waals surface area (Å²) >= 11 is 5.84. The molecule has 1 aromatic carbocycles. The van der Waals surface area contributed by atoms with E-state index in [-0.39, 0.29) is 16.4 Å². The van der Waals surface area contributed by atoms with Gasteiger partial charge in [0.05, 0.1) is 10.6 Å². The predicted molar refractivity (Wildman–Crippen MR) is 79.1 cm³/mol. The van der Waals surface area contributed by atoms with E-state index in [1.807, 2.05) is 0 Å². The summed E-state index contributed by atoms with van der Waals surface area (Å²) in [4.78, 5) is 0. The molecule has 0 aliphatic heterocycles. The second kappa shape index (κ2) is 6.58. The van der Waals surface area contributed by atoms with Crippen LogP contribution in [0.2, 0.25) is 5.02 Å². The maximum Gasteiger partial charge on any atom is 0.141 e. The Morgan fingerprint density at radius 3 is 2.89 bits per heavy atom. The van der Waals surface area contributed by atoms with Crippen LogP contribution in [0.1, 0.15) is 32.6 Å². The molecule has 0 bridgehead atoms. The molecule has 0 spiro atoms. The van der Waals surface area contributed by atoms with Crippen molar-refractivity contribution in [1.29, 1.82) is 0 Å². The van der Waals surface area contributed by atoms with Gasteiger partial charge < -0.3 is 10.6 Å². The summed E-state index contributed by atoms with van der Waals surface area (Å²) in [6, 6.07) is 4.83. The van der Waals surface area contributed by atoms with Crippen molar-refractivity contribution in [3.8, 4) is 0 Å². The minimum absolute atomic E-state index is 0.0232. The van der Waals surface area contributed by atoms with E-state index in [1.165, 1.54) is 18.9 Å². The molecule has 0 saturated heterocycles. The van der Waals surface area contributed by atoms with E-state index in [0.29, 0.717) is 0 Å². The maximum atomic E-state index is 13.2. The lowest BCUT2D eigenvalue weighted by Gasteiger charge is -2.39. The summed E-state index contributed by atoms with van der Waals surface area (Å²) in [6.45, 7) is 3.97. The highest BCUT2D eigenvalue weighted by atomic mass is 35.5. The topological polar surface area (TPSA) is 24.1 Å². The van der Waals surface area contributed by atoms with Crippen molar-refractivity contribution < 1.29 is 4.39 Å². The summed E-state index contributed by atoms with van der Waals surface area (Å²) in [5.74, 6) is -0.372. The first-order valence-corrected chi connectivity index (χ1v) is 7.29. The molecule has 1 fully saturated rings. The fourth-order valence-electron chi connectivity index (χ4n) is 2.63. The monoisotopic (exact) mass is 283 g/mol. The maximum absolute atomic E-state index is 13.2. The first-order valence-electron chi connectivity index (χ1n) is 6.91. The smallest absolute Gasteiger partial charge is 0.141 e. The zero-order valence-electron chi connectivity index (χ0n) is 11.3. The van der Waals surface area contributed by atoms with Crippen LogP contribution in [0.5, 0.6) is 0 Å². The first-order chi connectivity index (χ1) is 9.15. The Labute approximate surface area is 119 Å². The number of nitrogens with one attached hydrogen (secondary N) is 2. The largest absolute Gasteiger partial charge is 0.378 e. The summed E-state index contributed by atoms with van der Waals surface area (Å²) in [7, 11) is 0. The number of hydrogen-bond donors (Lipinski definition) is 2. The molecule has 2 N–H and O–H groups in total. The first kappa shape index (κ1) is 14.6. The lowest BCUT2D eigenvalue weighted by Crippen LogP contribution is -2.48. The Bertz CT molecular complexity index is 417. The van der Waals surface area contributed by atoms with E-state index < -0.39 is 0 Å². The zero-order valence-corrected chi connectivity index (χ0v) is 12.1. The van der Waals surface area contributed by atoms with Gasteiger partial charge in [0, 0.05) is 12.2 Å². The van der Waals surface area contributed by atoms with Gasteiger partial charge in [0.2, 0.25) is 0 Å². The molecule has 1 radical (unpaired) electrons. The van der Waals surface area contributed by atoms with Gasteiger partial charge in [-0.2, -0.15) is 0 Å². The fraction of sp³-hybridized carbons (Fsp3) is 0.533. The van der Waals surface area contributed by atoms with Crippen LogP contribution in [0.4, 0.5) is 10.1 Å². The number of rotatable bonds is 5. The molecule has 0 heterocycles. The Hall–Kier alpha value is -0.800. The average molecular weight is 284 g/mol. The molecule has 19 heavy (non-hydrogen) atoms. The highest BCUT2D eigenvalue weighted by Crippen LogP contribution is 2.32. The van der Waals surface area contributed by atoms with Crippen molar-refractivity contribution in [3.63, 3.8) is 0 Å². The van der Waals surface area contributed by atoms with E-state index in [0.717, 1.165) is 31.6 Å². The van der Waals surface area contributed by atoms with Crippen LogP contribution in [0.25, 0.3) is 0 Å². The molecule has 105 valence electrons. The van der Waals surface area contributed by atoms with Crippen molar-refractivity contribution in [3.05, 3.63) is 35.5 Å². The number of likely N-dealkylation sites (N-methyl/N-ethyl adjacent to an activating group) is 1. The molecule has 0 amide bonds. The number of hydrogen-bond acceptors (Lipinski definition) is 2. The molecule has 1 aromatic rings. The minimum Gasteiger partial charge on any atom is -0.378 e. The van der Waals surface area contributed by atoms with E-state index in [4.69, 9.17) is 11.6 Å². The van der Waals surface area contributed by atoms with Gasteiger partial charge in [-0.3, -0.25) is 0 Å². The van der Waals surface area contributed by atoms with Crippen LogP contribution in [0, 0.1) is 12.2 Å². The zero-order chi connectivity index (χ0) is 13.7. The third kappa shape index (κ3) is 3.83. The Kier molecular flexibility index (Phi) is 5.06. The summed E-state index contributed by atoms with van der Waals surface area (Å²) in [5, 5.41) is 7.14. The Morgan fingerprint density at radius 2 is 2.26 bits per heavy atom. The van der Waals surface area contributed by atoms with Crippen LogP contribution < -0.4 is 10.6 Å². The highest BCUT2D eigenvalue weighted by molar-refractivity contribution is 6.31. The predicted octanol–water partition coefficient (Wildman–Crippen LogP) is 4.02. The lowest BCUT2D eigenvalue weighted by molar-refractivity contribution is 0.354. The van der Waals surface area contributed by atoms with Gasteiger partial charge in [0.1, 0.15) is 5.82 Å². The van der Waals surface area contributed by atoms with Gasteiger partial charge in [-0.05, 0) is 44.0 Å². The number of benzene rings is 1. The van der Waals surface area contributed by atoms with Crippen LogP contribution >= 0.6 is 11.6 Å². The fourth-order valence-corrected chi connectivity index (χ4v) is 2.81. The van der Waals surface area contributed by atoms with Crippen molar-refractivity contribution in [2.75, 3.05) is 18.4 Å². The standard InChI is InChI=1S/C15H21ClFN2/c1-2-18-11-15(8-4-3-5-9-15)19-12-6-7-14(17)13(16)10-12/h4,6-7,10,18-19H,2-3,5,8-9,11H2,1H3. The molecule has 1 aliphatic carbocycles. The Morgan fingerprint density at radius 1 is 1.42 bits per heavy atom. The Balaban J connectivity index is 2.12. The van der Waals surface area contributed by atoms with Crippen molar-refractivity contribution in [2.24, 2.45) is 0 Å². The van der Waals surface area contributed by atoms with Crippen LogP contribution in [-0.4, -0.2) is 18.6 Å². The third-order valence-corrected chi connectivity index (χ3v) is 3.93. The van der Waals surface area contributed by atoms with Gasteiger partial charge in [0.25, 0.3) is 0 Å². The molecule has 2 rings (SSSR count). The van der Waals surface area contributed by atoms with Gasteiger partial charge in [0.15, 0.2) is 0 Å². The summed E-state index contributed by atoms with van der Waals surface area (Å²) in [6.07, 6.45) is 6.84. The van der Waals surface area contributed by atoms with Crippen LogP contribution in [0.15, 0.2) is 18.2 Å². The van der Waals surface area contributed by atoms with E-state index in [1.54, 1.807) is 12.1 Å². The third-order valence-electron chi connectivity index (χ3n) is 3.64. The van der Waals surface area contributed by atoms with Gasteiger partial charge in [-0.25, -0.2) is 4.39 Å². The lowest BCUT2D eigenvalue weighted by atomic mass is 9.81. The molecule has 4 heteroatoms. The van der Waals surface area contributed by atoms with Gasteiger partial charge in [-0.15, -0.1) is 0 Å². The average Bonchev–Trinajstić information content (AvgIpc) is 2.42. The second-order valence-electron chi connectivity index (χ2n) is 5.20. The second-order valence-corrected chi connectivity index (χ2v) is 5.61. The molecule has 1 aliphatic rings. The minimum atomic E-state index is -0.372. The van der Waals surface area contributed by atoms with Gasteiger partial charge in [-0.1, -0.05) is 31.4 Å². The molecule has 1 atom stereocenters. The SMILES string of the molecule is CCNCC1(Nc2ccc(F)c(Cl)c2)C[CH]CCC1. The summed E-state index contributed by atoms with van der Waals surface area (Å²) in [5.41, 5.74) is 0.912. The molecule has 0 aromatic heterocycles. The van der Waals surface area contributed by atoms with Crippen LogP contribution in [-0.2, 0) is 0 Å². The molecule has 1 unspecified atom stereocenters. The molecule has 2 nitrogen and oxygen atoms in total. The van der Waals surface area contributed by atoms with Crippen molar-refractivity contribution in [2.45, 2.75) is 38.1 Å². The normalized spacial score (nSPS) is 18.3. The number of anilines is 1. The van der Waals surface area contributed by atoms with Gasteiger partial charge >= 0.3 is 0 Å².